The molecule has 4 nitrogen and oxygen atoms in total. The summed E-state index contributed by atoms with van der Waals surface area (Å²) in [5.74, 6) is 3.15. The van der Waals surface area contributed by atoms with Crippen molar-refractivity contribution in [2.75, 3.05) is 11.5 Å². The highest BCUT2D eigenvalue weighted by Crippen LogP contribution is 1.99. The van der Waals surface area contributed by atoms with Gasteiger partial charge in [0.15, 0.2) is 5.82 Å². The van der Waals surface area contributed by atoms with Gasteiger partial charge in [0.1, 0.15) is 6.33 Å². The molecule has 0 aliphatic carbocycles. The highest BCUT2D eigenvalue weighted by atomic mass is 32.2. The van der Waals surface area contributed by atoms with Gasteiger partial charge in [-0.15, -0.1) is 0 Å². The van der Waals surface area contributed by atoms with Crippen LogP contribution in [0, 0.1) is 0 Å². The largest absolute Gasteiger partial charge is 0.308 e. The fourth-order valence-electron chi connectivity index (χ4n) is 1.12. The van der Waals surface area contributed by atoms with Crippen molar-refractivity contribution in [3.63, 3.8) is 0 Å². The fraction of sp³-hybridized carbons (Fsp3) is 0.800. The lowest BCUT2D eigenvalue weighted by molar-refractivity contribution is 0.563. The van der Waals surface area contributed by atoms with Gasteiger partial charge in [-0.1, -0.05) is 20.8 Å². The molecule has 0 bridgehead atoms. The van der Waals surface area contributed by atoms with E-state index in [1.165, 1.54) is 0 Å². The van der Waals surface area contributed by atoms with E-state index in [9.17, 15) is 0 Å². The van der Waals surface area contributed by atoms with E-state index < -0.39 is 0 Å². The van der Waals surface area contributed by atoms with Crippen molar-refractivity contribution in [1.29, 1.82) is 0 Å². The molecule has 1 rings (SSSR count). The van der Waals surface area contributed by atoms with Crippen molar-refractivity contribution in [3.05, 3.63) is 12.2 Å². The smallest absolute Gasteiger partial charge is 0.164 e. The lowest BCUT2D eigenvalue weighted by Gasteiger charge is -2.04. The highest BCUT2D eigenvalue weighted by molar-refractivity contribution is 7.99. The molecule has 1 N–H and O–H groups in total. The summed E-state index contributed by atoms with van der Waals surface area (Å²) < 4.78 is 1.92. The third kappa shape index (κ3) is 5.18. The molecule has 0 unspecified atom stereocenters. The van der Waals surface area contributed by atoms with Crippen LogP contribution < -0.4 is 5.32 Å². The third-order valence-corrected chi connectivity index (χ3v) is 2.80. The van der Waals surface area contributed by atoms with Crippen LogP contribution in [-0.2, 0) is 13.1 Å². The molecule has 0 spiro atoms. The van der Waals surface area contributed by atoms with Crippen molar-refractivity contribution in [3.8, 4) is 0 Å². The summed E-state index contributed by atoms with van der Waals surface area (Å²) in [5, 5.41) is 7.68. The van der Waals surface area contributed by atoms with Gasteiger partial charge >= 0.3 is 0 Å². The first-order chi connectivity index (χ1) is 7.22. The molecule has 15 heavy (non-hydrogen) atoms. The molecule has 0 atom stereocenters. The Bertz CT molecular complexity index is 272. The standard InChI is InChI=1S/C10H20N4S/c1-4-15-6-5-14-8-12-10(13-14)7-11-9(2)3/h8-9,11H,4-7H2,1-3H3. The topological polar surface area (TPSA) is 42.7 Å². The van der Waals surface area contributed by atoms with Crippen LogP contribution in [-0.4, -0.2) is 32.3 Å². The quantitative estimate of drug-likeness (QED) is 0.719. The average molecular weight is 228 g/mol. The molecule has 5 heteroatoms. The SMILES string of the molecule is CCSCCn1cnc(CNC(C)C)n1. The molecule has 1 heterocycles. The summed E-state index contributed by atoms with van der Waals surface area (Å²) in [6.45, 7) is 8.12. The van der Waals surface area contributed by atoms with Gasteiger partial charge < -0.3 is 5.32 Å². The normalized spacial score (nSPS) is 11.2. The first-order valence-corrected chi connectivity index (χ1v) is 6.57. The van der Waals surface area contributed by atoms with E-state index in [0.29, 0.717) is 6.04 Å². The molecule has 0 aliphatic heterocycles. The number of aromatic nitrogens is 3. The maximum Gasteiger partial charge on any atom is 0.164 e. The molecule has 0 aromatic carbocycles. The Morgan fingerprint density at radius 2 is 2.33 bits per heavy atom. The molecule has 0 saturated carbocycles. The Hall–Kier alpha value is -0.550. The third-order valence-electron chi connectivity index (χ3n) is 1.92. The van der Waals surface area contributed by atoms with Crippen LogP contribution in [0.25, 0.3) is 0 Å². The monoisotopic (exact) mass is 228 g/mol. The predicted octanol–water partition coefficient (Wildman–Crippen LogP) is 1.53. The van der Waals surface area contributed by atoms with Gasteiger partial charge in [0.25, 0.3) is 0 Å². The van der Waals surface area contributed by atoms with Gasteiger partial charge in [-0.25, -0.2) is 4.98 Å². The Kier molecular flexibility index (Phi) is 5.71. The number of thioether (sulfide) groups is 1. The number of hydrogen-bond acceptors (Lipinski definition) is 4. The maximum absolute atomic E-state index is 4.38. The number of nitrogens with one attached hydrogen (secondary N) is 1. The van der Waals surface area contributed by atoms with Crippen LogP contribution in [0.15, 0.2) is 6.33 Å². The zero-order valence-corrected chi connectivity index (χ0v) is 10.5. The zero-order valence-electron chi connectivity index (χ0n) is 9.73. The highest BCUT2D eigenvalue weighted by Gasteiger charge is 2.01. The van der Waals surface area contributed by atoms with Crippen LogP contribution in [0.3, 0.4) is 0 Å². The van der Waals surface area contributed by atoms with E-state index in [1.54, 1.807) is 0 Å². The summed E-state index contributed by atoms with van der Waals surface area (Å²) >= 11 is 1.93. The molecule has 86 valence electrons. The van der Waals surface area contributed by atoms with Crippen LogP contribution in [0.2, 0.25) is 0 Å². The van der Waals surface area contributed by atoms with E-state index in [4.69, 9.17) is 0 Å². The lowest BCUT2D eigenvalue weighted by atomic mass is 10.4. The van der Waals surface area contributed by atoms with E-state index in [2.05, 4.69) is 36.2 Å². The van der Waals surface area contributed by atoms with E-state index in [1.807, 2.05) is 22.8 Å². The minimum atomic E-state index is 0.479. The second-order valence-corrected chi connectivity index (χ2v) is 5.05. The van der Waals surface area contributed by atoms with Crippen LogP contribution in [0.4, 0.5) is 0 Å². The van der Waals surface area contributed by atoms with Gasteiger partial charge in [-0.2, -0.15) is 16.9 Å². The van der Waals surface area contributed by atoms with E-state index in [0.717, 1.165) is 30.4 Å². The second-order valence-electron chi connectivity index (χ2n) is 3.66. The molecule has 1 aromatic rings. The Morgan fingerprint density at radius 3 is 3.00 bits per heavy atom. The average Bonchev–Trinajstić information content (AvgIpc) is 2.63. The van der Waals surface area contributed by atoms with Crippen molar-refractivity contribution >= 4 is 11.8 Å². The zero-order chi connectivity index (χ0) is 11.1. The number of aryl methyl sites for hydroxylation is 1. The Labute approximate surface area is 95.9 Å². The van der Waals surface area contributed by atoms with Crippen LogP contribution in [0.1, 0.15) is 26.6 Å². The summed E-state index contributed by atoms with van der Waals surface area (Å²) in [6, 6.07) is 0.479. The summed E-state index contributed by atoms with van der Waals surface area (Å²) in [7, 11) is 0. The molecule has 0 saturated heterocycles. The molecular weight excluding hydrogens is 208 g/mol. The molecule has 0 fully saturated rings. The predicted molar refractivity (Wildman–Crippen MR) is 65.0 cm³/mol. The van der Waals surface area contributed by atoms with Gasteiger partial charge in [0, 0.05) is 11.8 Å². The number of hydrogen-bond donors (Lipinski definition) is 1. The molecular formula is C10H20N4S. The molecule has 0 amide bonds. The van der Waals surface area contributed by atoms with Gasteiger partial charge in [-0.05, 0) is 5.75 Å². The van der Waals surface area contributed by atoms with Gasteiger partial charge in [-0.3, -0.25) is 4.68 Å². The van der Waals surface area contributed by atoms with E-state index >= 15 is 0 Å². The summed E-state index contributed by atoms with van der Waals surface area (Å²) in [5.41, 5.74) is 0. The van der Waals surface area contributed by atoms with Crippen molar-refractivity contribution in [2.24, 2.45) is 0 Å². The van der Waals surface area contributed by atoms with Crippen molar-refractivity contribution < 1.29 is 0 Å². The molecule has 0 radical (unpaired) electrons. The minimum absolute atomic E-state index is 0.479. The summed E-state index contributed by atoms with van der Waals surface area (Å²) in [6.07, 6.45) is 1.81. The van der Waals surface area contributed by atoms with Gasteiger partial charge in [0.05, 0.1) is 13.1 Å². The first-order valence-electron chi connectivity index (χ1n) is 5.41. The number of nitrogens with zero attached hydrogens (tertiary/aromatic N) is 3. The van der Waals surface area contributed by atoms with Crippen molar-refractivity contribution in [2.45, 2.75) is 39.9 Å². The van der Waals surface area contributed by atoms with Crippen LogP contribution in [0.5, 0.6) is 0 Å². The van der Waals surface area contributed by atoms with Crippen LogP contribution >= 0.6 is 11.8 Å². The van der Waals surface area contributed by atoms with Crippen molar-refractivity contribution in [1.82, 2.24) is 20.1 Å². The number of rotatable bonds is 7. The van der Waals surface area contributed by atoms with Gasteiger partial charge in [0.2, 0.25) is 0 Å². The maximum atomic E-state index is 4.38. The second kappa shape index (κ2) is 6.85. The minimum Gasteiger partial charge on any atom is -0.308 e. The summed E-state index contributed by atoms with van der Waals surface area (Å²) in [4.78, 5) is 4.25. The van der Waals surface area contributed by atoms with E-state index in [-0.39, 0.29) is 0 Å². The Balaban J connectivity index is 2.29. The molecule has 0 aliphatic rings. The Morgan fingerprint density at radius 1 is 1.53 bits per heavy atom. The molecule has 1 aromatic heterocycles. The lowest BCUT2D eigenvalue weighted by Crippen LogP contribution is -2.22. The fourth-order valence-corrected chi connectivity index (χ4v) is 1.72. The first kappa shape index (κ1) is 12.5.